The van der Waals surface area contributed by atoms with Crippen LogP contribution in [0.1, 0.15) is 38.4 Å². The number of methoxy groups -OCH3 is 1. The third kappa shape index (κ3) is 4.65. The lowest BCUT2D eigenvalue weighted by Crippen LogP contribution is -2.53. The Hall–Kier alpha value is -2.87. The van der Waals surface area contributed by atoms with Gasteiger partial charge in [0.1, 0.15) is 5.75 Å². The minimum absolute atomic E-state index is 0.0317. The van der Waals surface area contributed by atoms with Gasteiger partial charge in [0.15, 0.2) is 0 Å². The summed E-state index contributed by atoms with van der Waals surface area (Å²) in [6.45, 7) is 5.30. The molecule has 0 atom stereocenters. The maximum Gasteiger partial charge on any atom is 0.263 e. The predicted octanol–water partition coefficient (Wildman–Crippen LogP) is 2.90. The summed E-state index contributed by atoms with van der Waals surface area (Å²) in [4.78, 5) is 44.7. The molecule has 2 aromatic rings. The Bertz CT molecular complexity index is 975. The van der Waals surface area contributed by atoms with E-state index in [9.17, 15) is 14.4 Å². The lowest BCUT2D eigenvalue weighted by atomic mass is 9.94. The van der Waals surface area contributed by atoms with Crippen molar-refractivity contribution in [1.29, 1.82) is 0 Å². The maximum absolute atomic E-state index is 13.0. The van der Waals surface area contributed by atoms with Gasteiger partial charge in [-0.1, -0.05) is 12.1 Å². The van der Waals surface area contributed by atoms with E-state index < -0.39 is 0 Å². The number of rotatable bonds is 4. The number of likely N-dealkylation sites (tertiary alicyclic amines) is 1. The Morgan fingerprint density at radius 3 is 2.19 bits per heavy atom. The number of piperazine rings is 1. The van der Waals surface area contributed by atoms with Crippen LogP contribution in [0.3, 0.4) is 0 Å². The van der Waals surface area contributed by atoms with Crippen molar-refractivity contribution < 1.29 is 19.1 Å². The Kier molecular flexibility index (Phi) is 6.79. The number of carbonyl (C=O) groups is 3. The average molecular weight is 456 g/mol. The van der Waals surface area contributed by atoms with Gasteiger partial charge in [-0.25, -0.2) is 0 Å². The van der Waals surface area contributed by atoms with E-state index in [1.807, 2.05) is 46.4 Å². The van der Waals surface area contributed by atoms with Gasteiger partial charge in [0.2, 0.25) is 5.91 Å². The van der Waals surface area contributed by atoms with E-state index in [1.165, 1.54) is 11.3 Å². The number of carbonyl (C=O) groups excluding carboxylic acids is 3. The lowest BCUT2D eigenvalue weighted by Gasteiger charge is -2.38. The summed E-state index contributed by atoms with van der Waals surface area (Å²) in [7, 11) is 1.60. The lowest BCUT2D eigenvalue weighted by molar-refractivity contribution is -0.138. The topological polar surface area (TPSA) is 70.2 Å². The van der Waals surface area contributed by atoms with Crippen LogP contribution in [0.2, 0.25) is 0 Å². The second-order valence-corrected chi connectivity index (χ2v) is 9.29. The molecular weight excluding hydrogens is 426 g/mol. The van der Waals surface area contributed by atoms with Crippen molar-refractivity contribution in [2.75, 3.05) is 46.4 Å². The second-order valence-electron chi connectivity index (χ2n) is 8.35. The molecule has 2 saturated heterocycles. The van der Waals surface area contributed by atoms with Crippen molar-refractivity contribution in [2.45, 2.75) is 19.8 Å². The highest BCUT2D eigenvalue weighted by molar-refractivity contribution is 7.12. The molecule has 2 aliphatic rings. The fourth-order valence-corrected chi connectivity index (χ4v) is 5.10. The average Bonchev–Trinajstić information content (AvgIpc) is 3.38. The summed E-state index contributed by atoms with van der Waals surface area (Å²) in [5, 5.41) is 1.91. The van der Waals surface area contributed by atoms with E-state index >= 15 is 0 Å². The first kappa shape index (κ1) is 22.3. The van der Waals surface area contributed by atoms with Gasteiger partial charge in [0, 0.05) is 50.7 Å². The van der Waals surface area contributed by atoms with Gasteiger partial charge in [-0.05, 0) is 48.9 Å². The van der Waals surface area contributed by atoms with Crippen LogP contribution in [0, 0.1) is 12.8 Å². The molecule has 1 aromatic heterocycles. The molecule has 2 fully saturated rings. The first-order valence-corrected chi connectivity index (χ1v) is 11.9. The van der Waals surface area contributed by atoms with Crippen LogP contribution < -0.4 is 4.74 Å². The number of amides is 3. The fourth-order valence-electron chi connectivity index (χ4n) is 4.41. The minimum atomic E-state index is -0.0500. The fraction of sp³-hybridized carbons (Fsp3) is 0.458. The largest absolute Gasteiger partial charge is 0.496 e. The number of benzene rings is 1. The molecule has 1 aromatic carbocycles. The summed E-state index contributed by atoms with van der Waals surface area (Å²) >= 11 is 1.45. The summed E-state index contributed by atoms with van der Waals surface area (Å²) in [5.74, 6) is 0.832. The smallest absolute Gasteiger partial charge is 0.263 e. The van der Waals surface area contributed by atoms with Gasteiger partial charge < -0.3 is 19.4 Å². The molecule has 0 unspecified atom stereocenters. The summed E-state index contributed by atoms with van der Waals surface area (Å²) in [5.41, 5.74) is 1.60. The SMILES string of the molecule is COc1cc(C(=O)N2CCN(C(=O)C3CCN(C(=O)c4cccs4)CC3)CC2)ccc1C. The molecule has 2 aliphatic heterocycles. The molecule has 4 rings (SSSR count). The van der Waals surface area contributed by atoms with E-state index in [1.54, 1.807) is 18.1 Å². The first-order chi connectivity index (χ1) is 15.5. The van der Waals surface area contributed by atoms with Gasteiger partial charge >= 0.3 is 0 Å². The van der Waals surface area contributed by atoms with Crippen LogP contribution in [-0.4, -0.2) is 78.8 Å². The van der Waals surface area contributed by atoms with Crippen molar-refractivity contribution in [1.82, 2.24) is 14.7 Å². The molecule has 32 heavy (non-hydrogen) atoms. The molecule has 0 N–H and O–H groups in total. The van der Waals surface area contributed by atoms with Crippen LogP contribution in [0.25, 0.3) is 0 Å². The van der Waals surface area contributed by atoms with Crippen molar-refractivity contribution in [3.63, 3.8) is 0 Å². The highest BCUT2D eigenvalue weighted by atomic mass is 32.1. The molecule has 0 bridgehead atoms. The van der Waals surface area contributed by atoms with Gasteiger partial charge in [-0.2, -0.15) is 0 Å². The quantitative estimate of drug-likeness (QED) is 0.711. The molecule has 7 nitrogen and oxygen atoms in total. The van der Waals surface area contributed by atoms with Crippen molar-refractivity contribution in [3.8, 4) is 5.75 Å². The Morgan fingerprint density at radius 1 is 0.906 bits per heavy atom. The highest BCUT2D eigenvalue weighted by Crippen LogP contribution is 2.24. The van der Waals surface area contributed by atoms with Crippen molar-refractivity contribution in [2.24, 2.45) is 5.92 Å². The molecule has 0 aliphatic carbocycles. The molecule has 170 valence electrons. The minimum Gasteiger partial charge on any atom is -0.496 e. The van der Waals surface area contributed by atoms with Gasteiger partial charge in [-0.3, -0.25) is 14.4 Å². The zero-order chi connectivity index (χ0) is 22.7. The van der Waals surface area contributed by atoms with Gasteiger partial charge in [0.25, 0.3) is 11.8 Å². The summed E-state index contributed by atoms with van der Waals surface area (Å²) in [6.07, 6.45) is 1.39. The second kappa shape index (κ2) is 9.73. The Labute approximate surface area is 192 Å². The van der Waals surface area contributed by atoms with E-state index in [0.29, 0.717) is 63.4 Å². The molecule has 3 heterocycles. The van der Waals surface area contributed by atoms with E-state index in [0.717, 1.165) is 10.4 Å². The third-order valence-corrected chi connectivity index (χ3v) is 7.25. The number of hydrogen-bond acceptors (Lipinski definition) is 5. The van der Waals surface area contributed by atoms with Crippen LogP contribution in [0.15, 0.2) is 35.7 Å². The van der Waals surface area contributed by atoms with Gasteiger partial charge in [0.05, 0.1) is 12.0 Å². The molecular formula is C24H29N3O4S. The Morgan fingerprint density at radius 2 is 1.56 bits per heavy atom. The molecule has 8 heteroatoms. The number of aryl methyl sites for hydroxylation is 1. The van der Waals surface area contributed by atoms with Crippen LogP contribution in [0.4, 0.5) is 0 Å². The van der Waals surface area contributed by atoms with E-state index in [4.69, 9.17) is 4.74 Å². The summed E-state index contributed by atoms with van der Waals surface area (Å²) in [6, 6.07) is 9.22. The third-order valence-electron chi connectivity index (χ3n) is 6.40. The van der Waals surface area contributed by atoms with Crippen LogP contribution in [0.5, 0.6) is 5.75 Å². The molecule has 3 amide bonds. The molecule has 0 saturated carbocycles. The number of thiophene rings is 1. The standard InChI is InChI=1S/C24H29N3O4S/c1-17-5-6-19(16-20(17)31-2)23(29)27-13-11-26(12-14-27)22(28)18-7-9-25(10-8-18)24(30)21-4-3-15-32-21/h3-6,15-16,18H,7-14H2,1-2H3. The van der Waals surface area contributed by atoms with Crippen molar-refractivity contribution in [3.05, 3.63) is 51.7 Å². The summed E-state index contributed by atoms with van der Waals surface area (Å²) < 4.78 is 5.33. The van der Waals surface area contributed by atoms with Crippen molar-refractivity contribution >= 4 is 29.1 Å². The van der Waals surface area contributed by atoms with Gasteiger partial charge in [-0.15, -0.1) is 11.3 Å². The first-order valence-electron chi connectivity index (χ1n) is 11.0. The van der Waals surface area contributed by atoms with E-state index in [-0.39, 0.29) is 23.6 Å². The van der Waals surface area contributed by atoms with E-state index in [2.05, 4.69) is 0 Å². The zero-order valence-corrected chi connectivity index (χ0v) is 19.4. The maximum atomic E-state index is 13.0. The normalized spacial score (nSPS) is 17.4. The number of nitrogens with zero attached hydrogens (tertiary/aromatic N) is 3. The van der Waals surface area contributed by atoms with Crippen LogP contribution >= 0.6 is 11.3 Å². The molecule has 0 radical (unpaired) electrons. The number of ether oxygens (including phenoxy) is 1. The molecule has 0 spiro atoms. The zero-order valence-electron chi connectivity index (χ0n) is 18.6. The predicted molar refractivity (Wildman–Crippen MR) is 123 cm³/mol. The Balaban J connectivity index is 1.28. The monoisotopic (exact) mass is 455 g/mol. The number of hydrogen-bond donors (Lipinski definition) is 0. The highest BCUT2D eigenvalue weighted by Gasteiger charge is 2.33. The number of piperidine rings is 1. The van der Waals surface area contributed by atoms with Crippen LogP contribution in [-0.2, 0) is 4.79 Å².